The number of fused-ring (bicyclic) bond motifs is 1. The molecule has 0 atom stereocenters. The molecule has 0 aliphatic carbocycles. The number of nitrogens with one attached hydrogen (secondary N) is 2. The van der Waals surface area contributed by atoms with Crippen LogP contribution >= 0.6 is 11.8 Å². The number of carbonyl (C=O) groups excluding carboxylic acids is 2. The molecule has 4 rings (SSSR count). The summed E-state index contributed by atoms with van der Waals surface area (Å²) in [5.74, 6) is 2.13. The summed E-state index contributed by atoms with van der Waals surface area (Å²) in [7, 11) is 0. The van der Waals surface area contributed by atoms with Gasteiger partial charge >= 0.3 is 6.03 Å². The normalized spacial score (nSPS) is 15.1. The van der Waals surface area contributed by atoms with Gasteiger partial charge < -0.3 is 10.2 Å². The molecule has 178 valence electrons. The Labute approximate surface area is 203 Å². The number of aryl methyl sites for hydroxylation is 2. The first kappa shape index (κ1) is 23.8. The number of pyridine rings is 2. The van der Waals surface area contributed by atoms with E-state index in [4.69, 9.17) is 4.98 Å². The number of carbonyl (C=O) groups is 2. The zero-order valence-electron chi connectivity index (χ0n) is 19.6. The molecule has 1 fully saturated rings. The standard InChI is InChI=1S/C24H29N7O2S/c1-16-18(15-30-8-4-6-22(30)32)11-17-5-3-9-31(23(17)28-16)24(33)29-21-12-20(26-7-10-34-2)19(13-25)14-27-21/h11-12,14H,3-10,15H2,1-2H3,(H2,26,27,29,33). The fraction of sp³-hybridized carbons (Fsp3) is 0.458. The molecule has 0 spiro atoms. The maximum atomic E-state index is 13.2. The second-order valence-corrected chi connectivity index (χ2v) is 9.45. The summed E-state index contributed by atoms with van der Waals surface area (Å²) in [6, 6.07) is 5.61. The van der Waals surface area contributed by atoms with Crippen molar-refractivity contribution in [1.82, 2.24) is 14.9 Å². The quantitative estimate of drug-likeness (QED) is 0.584. The van der Waals surface area contributed by atoms with Gasteiger partial charge in [0.25, 0.3) is 0 Å². The van der Waals surface area contributed by atoms with Gasteiger partial charge in [-0.15, -0.1) is 0 Å². The Kier molecular flexibility index (Phi) is 7.53. The number of amides is 3. The lowest BCUT2D eigenvalue weighted by atomic mass is 10.0. The van der Waals surface area contributed by atoms with Gasteiger partial charge in [0, 0.05) is 56.3 Å². The van der Waals surface area contributed by atoms with E-state index in [2.05, 4.69) is 27.8 Å². The van der Waals surface area contributed by atoms with Crippen molar-refractivity contribution >= 4 is 41.0 Å². The van der Waals surface area contributed by atoms with E-state index in [1.54, 1.807) is 22.7 Å². The molecular formula is C24H29N7O2S. The molecule has 2 aliphatic rings. The molecule has 4 heterocycles. The van der Waals surface area contributed by atoms with Gasteiger partial charge in [-0.05, 0) is 49.6 Å². The van der Waals surface area contributed by atoms with E-state index in [1.165, 1.54) is 6.20 Å². The molecule has 2 aliphatic heterocycles. The molecule has 2 N–H and O–H groups in total. The molecular weight excluding hydrogens is 450 g/mol. The molecule has 34 heavy (non-hydrogen) atoms. The highest BCUT2D eigenvalue weighted by atomic mass is 32.2. The smallest absolute Gasteiger partial charge is 0.328 e. The summed E-state index contributed by atoms with van der Waals surface area (Å²) in [5.41, 5.74) is 3.96. The Morgan fingerprint density at radius 1 is 1.26 bits per heavy atom. The predicted molar refractivity (Wildman–Crippen MR) is 134 cm³/mol. The topological polar surface area (TPSA) is 114 Å². The highest BCUT2D eigenvalue weighted by Gasteiger charge is 2.27. The van der Waals surface area contributed by atoms with E-state index < -0.39 is 0 Å². The van der Waals surface area contributed by atoms with Crippen LogP contribution in [0.4, 0.5) is 22.1 Å². The summed E-state index contributed by atoms with van der Waals surface area (Å²) in [6.45, 7) is 4.55. The van der Waals surface area contributed by atoms with Gasteiger partial charge in [0.2, 0.25) is 5.91 Å². The van der Waals surface area contributed by atoms with Crippen LogP contribution in [0.15, 0.2) is 18.3 Å². The van der Waals surface area contributed by atoms with Crippen LogP contribution in [0.1, 0.15) is 41.6 Å². The van der Waals surface area contributed by atoms with Crippen molar-refractivity contribution in [3.05, 3.63) is 40.7 Å². The summed E-state index contributed by atoms with van der Waals surface area (Å²) >= 11 is 1.71. The average molecular weight is 480 g/mol. The number of rotatable bonds is 7. The molecule has 9 nitrogen and oxygen atoms in total. The van der Waals surface area contributed by atoms with E-state index in [0.717, 1.165) is 48.4 Å². The number of nitriles is 1. The Morgan fingerprint density at radius 3 is 2.82 bits per heavy atom. The minimum Gasteiger partial charge on any atom is -0.383 e. The molecule has 0 saturated carbocycles. The Balaban J connectivity index is 1.51. The zero-order valence-corrected chi connectivity index (χ0v) is 20.4. The predicted octanol–water partition coefficient (Wildman–Crippen LogP) is 3.54. The van der Waals surface area contributed by atoms with Crippen LogP contribution in [0.5, 0.6) is 0 Å². The maximum absolute atomic E-state index is 13.2. The van der Waals surface area contributed by atoms with Crippen LogP contribution in [0.25, 0.3) is 0 Å². The maximum Gasteiger partial charge on any atom is 0.328 e. The van der Waals surface area contributed by atoms with Crippen LogP contribution in [0, 0.1) is 18.3 Å². The van der Waals surface area contributed by atoms with Gasteiger partial charge in [-0.1, -0.05) is 0 Å². The molecule has 0 unspecified atom stereocenters. The summed E-state index contributed by atoms with van der Waals surface area (Å²) < 4.78 is 0. The van der Waals surface area contributed by atoms with Crippen LogP contribution in [0.3, 0.4) is 0 Å². The fourth-order valence-electron chi connectivity index (χ4n) is 4.29. The first-order valence-electron chi connectivity index (χ1n) is 11.5. The van der Waals surface area contributed by atoms with Gasteiger partial charge in [0.05, 0.1) is 11.3 Å². The summed E-state index contributed by atoms with van der Waals surface area (Å²) in [4.78, 5) is 37.8. The second kappa shape index (κ2) is 10.7. The van der Waals surface area contributed by atoms with Gasteiger partial charge in [-0.25, -0.2) is 14.8 Å². The number of anilines is 3. The minimum atomic E-state index is -0.303. The lowest BCUT2D eigenvalue weighted by Crippen LogP contribution is -2.40. The molecule has 1 saturated heterocycles. The molecule has 0 bridgehead atoms. The average Bonchev–Trinajstić information content (AvgIpc) is 3.23. The number of hydrogen-bond acceptors (Lipinski definition) is 7. The number of urea groups is 1. The fourth-order valence-corrected chi connectivity index (χ4v) is 4.60. The van der Waals surface area contributed by atoms with Gasteiger partial charge in [-0.3, -0.25) is 15.0 Å². The van der Waals surface area contributed by atoms with Crippen molar-refractivity contribution < 1.29 is 9.59 Å². The Bertz CT molecular complexity index is 1130. The Hall–Kier alpha value is -3.32. The van der Waals surface area contributed by atoms with Crippen LogP contribution < -0.4 is 15.5 Å². The van der Waals surface area contributed by atoms with E-state index in [9.17, 15) is 14.9 Å². The third kappa shape index (κ3) is 5.25. The monoisotopic (exact) mass is 479 g/mol. The van der Waals surface area contributed by atoms with Crippen molar-refractivity contribution in [2.45, 2.75) is 39.2 Å². The highest BCUT2D eigenvalue weighted by Crippen LogP contribution is 2.29. The molecule has 0 aromatic carbocycles. The number of hydrogen-bond donors (Lipinski definition) is 2. The minimum absolute atomic E-state index is 0.190. The molecule has 2 aromatic heterocycles. The summed E-state index contributed by atoms with van der Waals surface area (Å²) in [5, 5.41) is 15.4. The first-order valence-corrected chi connectivity index (χ1v) is 12.9. The van der Waals surface area contributed by atoms with Crippen molar-refractivity contribution in [3.63, 3.8) is 0 Å². The van der Waals surface area contributed by atoms with Crippen molar-refractivity contribution in [2.75, 3.05) is 47.2 Å². The van der Waals surface area contributed by atoms with Crippen LogP contribution in [-0.2, 0) is 17.8 Å². The molecule has 10 heteroatoms. The number of likely N-dealkylation sites (tertiary alicyclic amines) is 1. The van der Waals surface area contributed by atoms with Gasteiger partial charge in [0.15, 0.2) is 0 Å². The van der Waals surface area contributed by atoms with E-state index in [-0.39, 0.29) is 11.9 Å². The lowest BCUT2D eigenvalue weighted by Gasteiger charge is -2.29. The van der Waals surface area contributed by atoms with Crippen molar-refractivity contribution in [2.24, 2.45) is 0 Å². The third-order valence-corrected chi connectivity index (χ3v) is 6.73. The van der Waals surface area contributed by atoms with Crippen LogP contribution in [0.2, 0.25) is 0 Å². The van der Waals surface area contributed by atoms with Crippen LogP contribution in [-0.4, -0.2) is 58.4 Å². The first-order chi connectivity index (χ1) is 16.5. The van der Waals surface area contributed by atoms with E-state index in [0.29, 0.717) is 48.9 Å². The van der Waals surface area contributed by atoms with E-state index >= 15 is 0 Å². The summed E-state index contributed by atoms with van der Waals surface area (Å²) in [6.07, 6.45) is 6.68. The number of nitrogens with zero attached hydrogens (tertiary/aromatic N) is 5. The van der Waals surface area contributed by atoms with Crippen molar-refractivity contribution in [3.8, 4) is 6.07 Å². The van der Waals surface area contributed by atoms with E-state index in [1.807, 2.05) is 18.1 Å². The largest absolute Gasteiger partial charge is 0.383 e. The van der Waals surface area contributed by atoms with Crippen molar-refractivity contribution in [1.29, 1.82) is 5.26 Å². The molecule has 2 aromatic rings. The SMILES string of the molecule is CSCCNc1cc(NC(=O)N2CCCc3cc(CN4CCCC4=O)c(C)nc32)ncc1C#N. The molecule has 0 radical (unpaired) electrons. The van der Waals surface area contributed by atoms with Gasteiger partial charge in [-0.2, -0.15) is 17.0 Å². The number of thioether (sulfide) groups is 1. The number of aromatic nitrogens is 2. The highest BCUT2D eigenvalue weighted by molar-refractivity contribution is 7.98. The Morgan fingerprint density at radius 2 is 2.09 bits per heavy atom. The zero-order chi connectivity index (χ0) is 24.1. The molecule has 3 amide bonds. The second-order valence-electron chi connectivity index (χ2n) is 8.47. The van der Waals surface area contributed by atoms with Gasteiger partial charge in [0.1, 0.15) is 17.7 Å². The lowest BCUT2D eigenvalue weighted by molar-refractivity contribution is -0.128. The third-order valence-electron chi connectivity index (χ3n) is 6.12.